The number of pyridine rings is 1. The van der Waals surface area contributed by atoms with Crippen LogP contribution in [0.15, 0.2) is 24.3 Å². The average Bonchev–Trinajstić information content (AvgIpc) is 3.61. The van der Waals surface area contributed by atoms with Crippen molar-refractivity contribution in [2.45, 2.75) is 50.5 Å². The Morgan fingerprint density at radius 1 is 1.04 bits per heavy atom. The summed E-state index contributed by atoms with van der Waals surface area (Å²) in [5, 5.41) is 24.8. The second-order valence-electron chi connectivity index (χ2n) is 12.6. The molecule has 4 heterocycles. The van der Waals surface area contributed by atoms with Crippen LogP contribution in [0.5, 0.6) is 17.6 Å². The second-order valence-corrected chi connectivity index (χ2v) is 12.6. The number of nitrogens with one attached hydrogen (secondary N) is 1. The van der Waals surface area contributed by atoms with Gasteiger partial charge in [0.1, 0.15) is 40.6 Å². The number of aliphatic hydroxyl groups excluding tert-OH is 1. The summed E-state index contributed by atoms with van der Waals surface area (Å²) in [6.45, 7) is 2.84. The minimum absolute atomic E-state index is 0.000916. The van der Waals surface area contributed by atoms with Gasteiger partial charge in [0.05, 0.1) is 24.8 Å². The summed E-state index contributed by atoms with van der Waals surface area (Å²) in [5.41, 5.74) is -0.719. The predicted octanol–water partition coefficient (Wildman–Crippen LogP) is 5.40. The van der Waals surface area contributed by atoms with Crippen LogP contribution in [0, 0.1) is 29.4 Å². The van der Waals surface area contributed by atoms with Gasteiger partial charge in [0, 0.05) is 22.9 Å². The number of methoxy groups -OCH3 is 1. The van der Waals surface area contributed by atoms with Crippen LogP contribution in [0.4, 0.5) is 14.6 Å². The molecule has 45 heavy (non-hydrogen) atoms. The lowest BCUT2D eigenvalue weighted by Crippen LogP contribution is -2.43. The predicted molar refractivity (Wildman–Crippen MR) is 166 cm³/mol. The van der Waals surface area contributed by atoms with Crippen LogP contribution < -0.4 is 14.8 Å². The molecule has 1 aliphatic carbocycles. The Morgan fingerprint density at radius 2 is 1.82 bits per heavy atom. The summed E-state index contributed by atoms with van der Waals surface area (Å²) < 4.78 is 43.6. The summed E-state index contributed by atoms with van der Waals surface area (Å²) in [7, 11) is 1.40. The molecular weight excluding hydrogens is 580 g/mol. The summed E-state index contributed by atoms with van der Waals surface area (Å²) >= 11 is 0. The van der Waals surface area contributed by atoms with Crippen LogP contribution in [0.2, 0.25) is 0 Å². The minimum Gasteiger partial charge on any atom is -0.508 e. The Kier molecular flexibility index (Phi) is 7.37. The number of hydrogen-bond acceptors (Lipinski definition) is 9. The minimum atomic E-state index is -0.831. The van der Waals surface area contributed by atoms with Crippen molar-refractivity contribution in [2.24, 2.45) is 5.41 Å². The van der Waals surface area contributed by atoms with Crippen LogP contribution in [0.25, 0.3) is 32.9 Å². The lowest BCUT2D eigenvalue weighted by atomic mass is 9.69. The van der Waals surface area contributed by atoms with Gasteiger partial charge < -0.3 is 25.0 Å². The van der Waals surface area contributed by atoms with E-state index in [2.05, 4.69) is 31.1 Å². The molecule has 7 rings (SSSR count). The Morgan fingerprint density at radius 3 is 2.49 bits per heavy atom. The summed E-state index contributed by atoms with van der Waals surface area (Å²) in [5.74, 6) is 0.994. The summed E-state index contributed by atoms with van der Waals surface area (Å²) in [6, 6.07) is 5.40. The molecule has 4 aromatic rings. The van der Waals surface area contributed by atoms with Gasteiger partial charge in [-0.2, -0.15) is 9.97 Å². The van der Waals surface area contributed by atoms with E-state index in [1.165, 1.54) is 31.4 Å². The van der Waals surface area contributed by atoms with E-state index < -0.39 is 11.6 Å². The molecule has 3 aliphatic rings. The van der Waals surface area contributed by atoms with Gasteiger partial charge in [-0.1, -0.05) is 18.4 Å². The standard InChI is InChI=1S/C34H35F2N5O4/c1-3-22-24(35)8-7-20-15-21(43)16-23(25(20)22)28-27(36)29-26(31(38-28)44-2)30(37-17-33(18-42)9-4-10-33)40-32(39-29)45-19-34-11-5-13-41(34)14-6-12-34/h1,7-8,15-16,42-43H,4-6,9-14,17-19H2,2H3,(H,37,39,40). The highest BCUT2D eigenvalue weighted by Crippen LogP contribution is 2.44. The molecule has 0 radical (unpaired) electrons. The van der Waals surface area contributed by atoms with Gasteiger partial charge >= 0.3 is 6.01 Å². The van der Waals surface area contributed by atoms with Gasteiger partial charge in [-0.05, 0) is 75.2 Å². The molecule has 1 saturated carbocycles. The number of nitrogens with zero attached hydrogens (tertiary/aromatic N) is 4. The number of hydrogen-bond donors (Lipinski definition) is 3. The van der Waals surface area contributed by atoms with E-state index in [1.54, 1.807) is 0 Å². The molecule has 3 N–H and O–H groups in total. The molecule has 2 saturated heterocycles. The van der Waals surface area contributed by atoms with E-state index in [0.717, 1.165) is 58.0 Å². The van der Waals surface area contributed by atoms with Crippen molar-refractivity contribution in [3.63, 3.8) is 0 Å². The Labute approximate surface area is 259 Å². The smallest absolute Gasteiger partial charge is 0.319 e. The zero-order valence-corrected chi connectivity index (χ0v) is 25.1. The zero-order valence-electron chi connectivity index (χ0n) is 25.1. The van der Waals surface area contributed by atoms with Gasteiger partial charge in [-0.15, -0.1) is 6.42 Å². The number of rotatable bonds is 9. The van der Waals surface area contributed by atoms with Crippen molar-refractivity contribution in [3.05, 3.63) is 41.5 Å². The van der Waals surface area contributed by atoms with Crippen LogP contribution in [-0.4, -0.2) is 75.6 Å². The number of aromatic hydroxyl groups is 1. The maximum Gasteiger partial charge on any atom is 0.319 e. The SMILES string of the molecule is C#Cc1c(F)ccc2cc(O)cc(-c3nc(OC)c4c(NCC5(CO)CCC5)nc(OCC56CCCN5CCC6)nc4c3F)c12. The molecule has 11 heteroatoms. The zero-order chi connectivity index (χ0) is 31.3. The Balaban J connectivity index is 1.40. The largest absolute Gasteiger partial charge is 0.508 e. The molecule has 0 amide bonds. The molecule has 9 nitrogen and oxygen atoms in total. The molecule has 2 aromatic heterocycles. The third kappa shape index (κ3) is 4.87. The van der Waals surface area contributed by atoms with Crippen LogP contribution >= 0.6 is 0 Å². The topological polar surface area (TPSA) is 113 Å². The van der Waals surface area contributed by atoms with E-state index in [4.69, 9.17) is 15.9 Å². The maximum atomic E-state index is 16.8. The molecule has 2 aromatic carbocycles. The highest BCUT2D eigenvalue weighted by Gasteiger charge is 2.45. The first-order valence-electron chi connectivity index (χ1n) is 15.4. The van der Waals surface area contributed by atoms with Crippen molar-refractivity contribution < 1.29 is 28.5 Å². The number of anilines is 1. The first kappa shape index (κ1) is 29.4. The number of terminal acetylenes is 1. The molecule has 0 atom stereocenters. The highest BCUT2D eigenvalue weighted by molar-refractivity contribution is 6.04. The number of ether oxygens (including phenoxy) is 2. The van der Waals surface area contributed by atoms with Crippen molar-refractivity contribution in [1.82, 2.24) is 19.9 Å². The summed E-state index contributed by atoms with van der Waals surface area (Å²) in [4.78, 5) is 16.2. The Bertz CT molecular complexity index is 1840. The molecule has 0 spiro atoms. The third-order valence-electron chi connectivity index (χ3n) is 10.0. The average molecular weight is 616 g/mol. The normalized spacial score (nSPS) is 18.5. The molecule has 0 bridgehead atoms. The van der Waals surface area contributed by atoms with E-state index in [1.807, 2.05) is 0 Å². The van der Waals surface area contributed by atoms with Crippen molar-refractivity contribution in [2.75, 3.05) is 45.3 Å². The van der Waals surface area contributed by atoms with E-state index >= 15 is 4.39 Å². The van der Waals surface area contributed by atoms with Gasteiger partial charge in [0.25, 0.3) is 0 Å². The molecular formula is C34H35F2N5O4. The first-order chi connectivity index (χ1) is 21.8. The number of aromatic nitrogens is 3. The molecule has 234 valence electrons. The van der Waals surface area contributed by atoms with Crippen molar-refractivity contribution in [3.8, 4) is 41.2 Å². The molecule has 3 fully saturated rings. The van der Waals surface area contributed by atoms with Gasteiger partial charge in [0.15, 0.2) is 5.82 Å². The lowest BCUT2D eigenvalue weighted by Gasteiger charge is -2.40. The summed E-state index contributed by atoms with van der Waals surface area (Å²) in [6.07, 6.45) is 12.6. The number of aliphatic hydroxyl groups is 1. The number of phenols is 1. The van der Waals surface area contributed by atoms with E-state index in [0.29, 0.717) is 18.5 Å². The fourth-order valence-corrected chi connectivity index (χ4v) is 7.39. The maximum absolute atomic E-state index is 16.8. The molecule has 0 unspecified atom stereocenters. The molecule has 2 aliphatic heterocycles. The number of phenolic OH excluding ortho intramolecular Hbond substituents is 1. The van der Waals surface area contributed by atoms with Crippen LogP contribution in [0.3, 0.4) is 0 Å². The second kappa shape index (κ2) is 11.3. The first-order valence-corrected chi connectivity index (χ1v) is 15.4. The van der Waals surface area contributed by atoms with Gasteiger partial charge in [0.2, 0.25) is 5.88 Å². The van der Waals surface area contributed by atoms with Crippen molar-refractivity contribution >= 4 is 27.5 Å². The fourth-order valence-electron chi connectivity index (χ4n) is 7.39. The quantitative estimate of drug-likeness (QED) is 0.213. The van der Waals surface area contributed by atoms with Gasteiger partial charge in [-0.3, -0.25) is 4.90 Å². The van der Waals surface area contributed by atoms with Gasteiger partial charge in [-0.25, -0.2) is 13.8 Å². The highest BCUT2D eigenvalue weighted by atomic mass is 19.1. The third-order valence-corrected chi connectivity index (χ3v) is 10.0. The monoisotopic (exact) mass is 615 g/mol. The Hall–Kier alpha value is -4.27. The number of benzene rings is 2. The van der Waals surface area contributed by atoms with Crippen molar-refractivity contribution in [1.29, 1.82) is 0 Å². The lowest BCUT2D eigenvalue weighted by molar-refractivity contribution is 0.0575. The van der Waals surface area contributed by atoms with Crippen LogP contribution in [-0.2, 0) is 0 Å². The van der Waals surface area contributed by atoms with E-state index in [9.17, 15) is 14.6 Å². The van der Waals surface area contributed by atoms with E-state index in [-0.39, 0.29) is 74.1 Å². The number of halogens is 2. The van der Waals surface area contributed by atoms with Crippen LogP contribution in [0.1, 0.15) is 50.5 Å². The number of fused-ring (bicyclic) bond motifs is 3. The fraction of sp³-hybridized carbons (Fsp3) is 0.441.